The molecule has 0 spiro atoms. The van der Waals surface area contributed by atoms with Gasteiger partial charge in [0.2, 0.25) is 11.8 Å². The Labute approximate surface area is 253 Å². The van der Waals surface area contributed by atoms with Crippen molar-refractivity contribution in [2.45, 2.75) is 83.4 Å². The number of carbonyl (C=O) groups is 3. The summed E-state index contributed by atoms with van der Waals surface area (Å²) in [5.74, 6) is -1.91. The Morgan fingerprint density at radius 1 is 1.12 bits per heavy atom. The number of hydrogen-bond donors (Lipinski definition) is 1. The van der Waals surface area contributed by atoms with Crippen LogP contribution in [0, 0.1) is 23.6 Å². The van der Waals surface area contributed by atoms with E-state index in [1.54, 1.807) is 18.1 Å². The predicted octanol–water partition coefficient (Wildman–Crippen LogP) is 4.08. The van der Waals surface area contributed by atoms with Crippen molar-refractivity contribution in [3.8, 4) is 5.75 Å². The fraction of sp³-hybridized carbons (Fsp3) is 0.719. The molecule has 0 aromatic heterocycles. The highest BCUT2D eigenvalue weighted by atomic mass is 19.1. The lowest BCUT2D eigenvalue weighted by atomic mass is 9.85. The van der Waals surface area contributed by atoms with Gasteiger partial charge in [0.25, 0.3) is 0 Å². The maximum atomic E-state index is 15.9. The molecule has 1 N–H and O–H groups in total. The molecule has 43 heavy (non-hydrogen) atoms. The van der Waals surface area contributed by atoms with E-state index in [2.05, 4.69) is 5.32 Å². The summed E-state index contributed by atoms with van der Waals surface area (Å²) in [7, 11) is 1.63. The third kappa shape index (κ3) is 6.77. The van der Waals surface area contributed by atoms with Gasteiger partial charge in [0.1, 0.15) is 17.2 Å². The van der Waals surface area contributed by atoms with Gasteiger partial charge in [-0.05, 0) is 64.5 Å². The number of cyclic esters (lactones) is 1. The van der Waals surface area contributed by atoms with E-state index in [1.165, 1.54) is 11.0 Å². The molecule has 1 aromatic carbocycles. The lowest BCUT2D eigenvalue weighted by molar-refractivity contribution is -0.133. The van der Waals surface area contributed by atoms with Crippen LogP contribution >= 0.6 is 0 Å². The zero-order valence-corrected chi connectivity index (χ0v) is 26.1. The molecule has 10 nitrogen and oxygen atoms in total. The fourth-order valence-electron chi connectivity index (χ4n) is 6.76. The van der Waals surface area contributed by atoms with Crippen LogP contribution in [0.2, 0.25) is 0 Å². The number of ether oxygens (including phenoxy) is 4. The average molecular weight is 604 g/mol. The highest BCUT2D eigenvalue weighted by molar-refractivity contribution is 5.98. The second-order valence-electron chi connectivity index (χ2n) is 13.2. The van der Waals surface area contributed by atoms with E-state index in [9.17, 15) is 14.4 Å². The quantitative estimate of drug-likeness (QED) is 0.424. The molecular formula is C32H46FN3O7. The van der Waals surface area contributed by atoms with Crippen molar-refractivity contribution in [1.29, 1.82) is 0 Å². The zero-order valence-electron chi connectivity index (χ0n) is 26.1. The minimum atomic E-state index is -0.892. The molecule has 1 saturated carbocycles. The average Bonchev–Trinajstić information content (AvgIpc) is 3.77. The molecule has 1 aromatic rings. The van der Waals surface area contributed by atoms with Gasteiger partial charge in [-0.25, -0.2) is 9.18 Å². The molecule has 5 rings (SSSR count). The molecule has 3 saturated heterocycles. The van der Waals surface area contributed by atoms with Crippen molar-refractivity contribution in [1.82, 2.24) is 10.2 Å². The van der Waals surface area contributed by atoms with E-state index in [1.807, 2.05) is 27.7 Å². The van der Waals surface area contributed by atoms with E-state index in [4.69, 9.17) is 18.9 Å². The molecular weight excluding hydrogens is 557 g/mol. The summed E-state index contributed by atoms with van der Waals surface area (Å²) < 4.78 is 38.5. The second kappa shape index (κ2) is 12.6. The molecule has 3 amide bonds. The van der Waals surface area contributed by atoms with Gasteiger partial charge < -0.3 is 34.1 Å². The number of anilines is 1. The van der Waals surface area contributed by atoms with Crippen molar-refractivity contribution < 1.29 is 37.7 Å². The van der Waals surface area contributed by atoms with Crippen LogP contribution in [0.1, 0.15) is 65.4 Å². The molecule has 4 aliphatic rings. The number of amides is 3. The van der Waals surface area contributed by atoms with E-state index >= 15 is 4.39 Å². The van der Waals surface area contributed by atoms with Crippen LogP contribution in [0.25, 0.3) is 0 Å². The van der Waals surface area contributed by atoms with Gasteiger partial charge in [-0.2, -0.15) is 0 Å². The van der Waals surface area contributed by atoms with Crippen LogP contribution in [0.4, 0.5) is 14.9 Å². The lowest BCUT2D eigenvalue weighted by Crippen LogP contribution is -2.58. The minimum absolute atomic E-state index is 0.103. The van der Waals surface area contributed by atoms with Crippen LogP contribution in [0.5, 0.6) is 5.75 Å². The standard InChI is InChI=1S/C32H46FN3O7/c1-6-20-15-24(33)26(17-27(20)42-11-7-10-40-5)36-25-16-23(25)31(2,3)43-30(39)35-18-21(14-22(19-35)29(36)38)28(37)34-32(4)8-12-41-13-9-32/h15,17,21-23,25H,6-14,16,18-19H2,1-5H3,(H,34,37)/t21-,22+,23?,25?/m0/s1. The predicted molar refractivity (Wildman–Crippen MR) is 157 cm³/mol. The van der Waals surface area contributed by atoms with E-state index < -0.39 is 34.9 Å². The fourth-order valence-corrected chi connectivity index (χ4v) is 6.76. The number of rotatable bonds is 9. The van der Waals surface area contributed by atoms with Crippen molar-refractivity contribution >= 4 is 23.6 Å². The Balaban J connectivity index is 1.46. The van der Waals surface area contributed by atoms with Crippen LogP contribution in [-0.4, -0.2) is 86.6 Å². The number of methoxy groups -OCH3 is 1. The van der Waals surface area contributed by atoms with Crippen molar-refractivity contribution in [2.24, 2.45) is 17.8 Å². The van der Waals surface area contributed by atoms with Gasteiger partial charge in [-0.1, -0.05) is 6.92 Å². The number of aryl methyl sites for hydroxylation is 1. The number of nitrogens with one attached hydrogen (secondary N) is 1. The van der Waals surface area contributed by atoms with E-state index in [0.717, 1.165) is 5.56 Å². The number of fused-ring (bicyclic) bond motifs is 3. The maximum absolute atomic E-state index is 15.9. The van der Waals surface area contributed by atoms with Crippen LogP contribution in [-0.2, 0) is 30.2 Å². The van der Waals surface area contributed by atoms with E-state index in [-0.39, 0.29) is 49.0 Å². The monoisotopic (exact) mass is 603 g/mol. The number of benzene rings is 1. The molecule has 2 unspecified atom stereocenters. The highest BCUT2D eigenvalue weighted by Crippen LogP contribution is 2.49. The zero-order chi connectivity index (χ0) is 30.9. The summed E-state index contributed by atoms with van der Waals surface area (Å²) in [5, 5.41) is 3.17. The molecule has 3 heterocycles. The summed E-state index contributed by atoms with van der Waals surface area (Å²) in [5.41, 5.74) is -0.428. The Bertz CT molecular complexity index is 1220. The van der Waals surface area contributed by atoms with Gasteiger partial charge in [0.15, 0.2) is 0 Å². The number of carbonyl (C=O) groups excluding carboxylic acids is 3. The van der Waals surface area contributed by atoms with Crippen molar-refractivity contribution in [3.63, 3.8) is 0 Å². The van der Waals surface area contributed by atoms with Gasteiger partial charge in [-0.3, -0.25) is 9.59 Å². The summed E-state index contributed by atoms with van der Waals surface area (Å²) in [4.78, 5) is 44.4. The Hall–Kier alpha value is -2.92. The van der Waals surface area contributed by atoms with Gasteiger partial charge in [-0.15, -0.1) is 0 Å². The normalized spacial score (nSPS) is 28.0. The van der Waals surface area contributed by atoms with Gasteiger partial charge in [0.05, 0.1) is 24.1 Å². The Morgan fingerprint density at radius 3 is 2.56 bits per heavy atom. The van der Waals surface area contributed by atoms with Crippen molar-refractivity contribution in [2.75, 3.05) is 51.5 Å². The molecule has 4 fully saturated rings. The first-order valence-electron chi connectivity index (χ1n) is 15.6. The van der Waals surface area contributed by atoms with Gasteiger partial charge in [0, 0.05) is 70.0 Å². The third-order valence-electron chi connectivity index (χ3n) is 9.54. The molecule has 2 bridgehead atoms. The third-order valence-corrected chi connectivity index (χ3v) is 9.54. The number of piperidine rings is 1. The van der Waals surface area contributed by atoms with E-state index in [0.29, 0.717) is 64.3 Å². The smallest absolute Gasteiger partial charge is 0.410 e. The molecule has 4 atom stereocenters. The largest absolute Gasteiger partial charge is 0.493 e. The topological polar surface area (TPSA) is 107 Å². The number of hydrogen-bond acceptors (Lipinski definition) is 7. The Kier molecular flexibility index (Phi) is 9.23. The first-order valence-corrected chi connectivity index (χ1v) is 15.6. The Morgan fingerprint density at radius 2 is 1.86 bits per heavy atom. The van der Waals surface area contributed by atoms with Crippen LogP contribution < -0.4 is 15.0 Å². The van der Waals surface area contributed by atoms with Crippen LogP contribution in [0.3, 0.4) is 0 Å². The van der Waals surface area contributed by atoms with Gasteiger partial charge >= 0.3 is 6.09 Å². The first kappa shape index (κ1) is 31.5. The second-order valence-corrected chi connectivity index (χ2v) is 13.2. The summed E-state index contributed by atoms with van der Waals surface area (Å²) in [6, 6.07) is 2.74. The molecule has 238 valence electrons. The maximum Gasteiger partial charge on any atom is 0.410 e. The molecule has 3 aliphatic heterocycles. The molecule has 0 radical (unpaired) electrons. The molecule has 1 aliphatic carbocycles. The SMILES string of the molecule is CCc1cc(F)c(N2C(=O)[C@@H]3C[C@H](C(=O)NC4(C)CCOCC4)CN(C3)C(=O)OC(C)(C)C3CC32)cc1OCCCOC. The first-order chi connectivity index (χ1) is 20.5. The van der Waals surface area contributed by atoms with Crippen LogP contribution in [0.15, 0.2) is 12.1 Å². The minimum Gasteiger partial charge on any atom is -0.493 e. The summed E-state index contributed by atoms with van der Waals surface area (Å²) in [6.45, 7) is 9.92. The summed E-state index contributed by atoms with van der Waals surface area (Å²) in [6.07, 6.45) is 2.92. The number of halogens is 1. The summed E-state index contributed by atoms with van der Waals surface area (Å²) >= 11 is 0. The van der Waals surface area contributed by atoms with Crippen molar-refractivity contribution in [3.05, 3.63) is 23.5 Å². The lowest BCUT2D eigenvalue weighted by Gasteiger charge is -2.42. The molecule has 11 heteroatoms. The highest BCUT2D eigenvalue weighted by Gasteiger charge is 2.57. The number of nitrogens with zero attached hydrogens (tertiary/aromatic N) is 2.